The van der Waals surface area contributed by atoms with Crippen LogP contribution in [0.2, 0.25) is 5.02 Å². The summed E-state index contributed by atoms with van der Waals surface area (Å²) in [6.45, 7) is 4.31. The fraction of sp³-hybridized carbons (Fsp3) is 0.462. The largest absolute Gasteiger partial charge is 0.490 e. The van der Waals surface area contributed by atoms with Gasteiger partial charge in [0.2, 0.25) is 0 Å². The molecule has 0 aliphatic heterocycles. The Labute approximate surface area is 189 Å². The molecule has 4 nitrogen and oxygen atoms in total. The molecule has 2 aliphatic carbocycles. The summed E-state index contributed by atoms with van der Waals surface area (Å²) in [5.41, 5.74) is 2.81. The van der Waals surface area contributed by atoms with E-state index in [-0.39, 0.29) is 18.1 Å². The molecule has 4 rings (SSSR count). The minimum atomic E-state index is 0.0313. The number of amides is 1. The number of hydrogen-bond donors (Lipinski definition) is 1. The Kier molecular flexibility index (Phi) is 6.25. The van der Waals surface area contributed by atoms with Crippen molar-refractivity contribution >= 4 is 17.5 Å². The predicted molar refractivity (Wildman–Crippen MR) is 123 cm³/mol. The van der Waals surface area contributed by atoms with Crippen LogP contribution >= 0.6 is 11.6 Å². The molecule has 1 N–H and O–H groups in total. The van der Waals surface area contributed by atoms with Crippen LogP contribution in [0.1, 0.15) is 79.8 Å². The van der Waals surface area contributed by atoms with Crippen molar-refractivity contribution in [3.05, 3.63) is 64.2 Å². The van der Waals surface area contributed by atoms with E-state index in [1.165, 1.54) is 5.56 Å². The molecule has 1 spiro atoms. The summed E-state index contributed by atoms with van der Waals surface area (Å²) in [5, 5.41) is 12.6. The van der Waals surface area contributed by atoms with E-state index >= 15 is 0 Å². The van der Waals surface area contributed by atoms with Gasteiger partial charge in [0.1, 0.15) is 11.8 Å². The fourth-order valence-electron chi connectivity index (χ4n) is 4.91. The molecule has 2 aromatic carbocycles. The molecule has 0 heterocycles. The van der Waals surface area contributed by atoms with Gasteiger partial charge in [-0.3, -0.25) is 4.79 Å². The number of halogens is 1. The molecule has 0 atom stereocenters. The number of benzene rings is 2. The minimum Gasteiger partial charge on any atom is -0.490 e. The van der Waals surface area contributed by atoms with E-state index in [4.69, 9.17) is 21.6 Å². The van der Waals surface area contributed by atoms with Crippen LogP contribution < -0.4 is 10.1 Å². The van der Waals surface area contributed by atoms with Gasteiger partial charge in [0, 0.05) is 17.7 Å². The smallest absolute Gasteiger partial charge is 0.251 e. The molecule has 0 bridgehead atoms. The van der Waals surface area contributed by atoms with E-state index in [9.17, 15) is 4.79 Å². The van der Waals surface area contributed by atoms with Gasteiger partial charge in [-0.25, -0.2) is 0 Å². The van der Waals surface area contributed by atoms with Crippen molar-refractivity contribution in [2.45, 2.75) is 70.4 Å². The summed E-state index contributed by atoms with van der Waals surface area (Å²) in [4.78, 5) is 12.6. The first-order chi connectivity index (χ1) is 14.9. The Morgan fingerprint density at radius 2 is 1.84 bits per heavy atom. The standard InChI is InChI=1S/C26H29ClN2O2/c1-17(2)18-3-5-19(6-4-18)25(30)29-21-9-11-26(12-10-21)14-23(15-26)31-22-8-7-20(16-28)24(27)13-22/h3-8,13,17,21,23H,9-12,14-15H2,1-2H3,(H,29,30). The predicted octanol–water partition coefficient (Wildman–Crippen LogP) is 6.24. The number of hydrogen-bond acceptors (Lipinski definition) is 3. The topological polar surface area (TPSA) is 62.1 Å². The molecule has 162 valence electrons. The Bertz CT molecular complexity index is 977. The highest BCUT2D eigenvalue weighted by Gasteiger charge is 2.47. The number of carbonyl (C=O) groups is 1. The molecule has 1 amide bonds. The maximum atomic E-state index is 12.6. The molecule has 0 unspecified atom stereocenters. The van der Waals surface area contributed by atoms with E-state index in [0.29, 0.717) is 21.9 Å². The van der Waals surface area contributed by atoms with Crippen LogP contribution in [0.4, 0.5) is 0 Å². The molecule has 0 aromatic heterocycles. The summed E-state index contributed by atoms with van der Waals surface area (Å²) in [7, 11) is 0. The first-order valence-corrected chi connectivity index (χ1v) is 11.5. The van der Waals surface area contributed by atoms with Gasteiger partial charge >= 0.3 is 0 Å². The van der Waals surface area contributed by atoms with Crippen LogP contribution in [0.15, 0.2) is 42.5 Å². The molecule has 0 saturated heterocycles. The summed E-state index contributed by atoms with van der Waals surface area (Å²) < 4.78 is 6.07. The van der Waals surface area contributed by atoms with Gasteiger partial charge < -0.3 is 10.1 Å². The van der Waals surface area contributed by atoms with Crippen molar-refractivity contribution in [2.24, 2.45) is 5.41 Å². The zero-order chi connectivity index (χ0) is 22.0. The van der Waals surface area contributed by atoms with E-state index in [1.807, 2.05) is 30.3 Å². The quantitative estimate of drug-likeness (QED) is 0.603. The average molecular weight is 437 g/mol. The molecule has 2 aromatic rings. The Balaban J connectivity index is 1.23. The van der Waals surface area contributed by atoms with Crippen molar-refractivity contribution in [3.8, 4) is 11.8 Å². The van der Waals surface area contributed by atoms with Crippen LogP contribution in [0, 0.1) is 16.7 Å². The van der Waals surface area contributed by atoms with Gasteiger partial charge in [0.25, 0.3) is 5.91 Å². The summed E-state index contributed by atoms with van der Waals surface area (Å²) in [5.74, 6) is 1.23. The molecule has 2 fully saturated rings. The SMILES string of the molecule is CC(C)c1ccc(C(=O)NC2CCC3(CC2)CC(Oc2ccc(C#N)c(Cl)c2)C3)cc1. The van der Waals surface area contributed by atoms with Gasteiger partial charge in [0.05, 0.1) is 16.7 Å². The highest BCUT2D eigenvalue weighted by Crippen LogP contribution is 2.52. The lowest BCUT2D eigenvalue weighted by molar-refractivity contribution is -0.0437. The minimum absolute atomic E-state index is 0.0313. The second-order valence-electron chi connectivity index (χ2n) is 9.43. The maximum Gasteiger partial charge on any atom is 0.251 e. The van der Waals surface area contributed by atoms with Crippen molar-refractivity contribution < 1.29 is 9.53 Å². The maximum absolute atomic E-state index is 12.6. The van der Waals surface area contributed by atoms with Gasteiger partial charge in [-0.15, -0.1) is 0 Å². The van der Waals surface area contributed by atoms with Crippen LogP contribution in [0.3, 0.4) is 0 Å². The zero-order valence-corrected chi connectivity index (χ0v) is 18.9. The van der Waals surface area contributed by atoms with Crippen LogP contribution in [-0.2, 0) is 0 Å². The Morgan fingerprint density at radius 3 is 2.42 bits per heavy atom. The van der Waals surface area contributed by atoms with Gasteiger partial charge in [-0.1, -0.05) is 37.6 Å². The van der Waals surface area contributed by atoms with E-state index in [0.717, 1.165) is 49.8 Å². The lowest BCUT2D eigenvalue weighted by atomic mass is 9.58. The summed E-state index contributed by atoms with van der Waals surface area (Å²) in [6, 6.07) is 15.5. The molecule has 31 heavy (non-hydrogen) atoms. The molecular weight excluding hydrogens is 408 g/mol. The number of ether oxygens (including phenoxy) is 1. The van der Waals surface area contributed by atoms with E-state index in [2.05, 4.69) is 25.2 Å². The third-order valence-electron chi connectivity index (χ3n) is 6.91. The first-order valence-electron chi connectivity index (χ1n) is 11.1. The highest BCUT2D eigenvalue weighted by atomic mass is 35.5. The summed E-state index contributed by atoms with van der Waals surface area (Å²) in [6.07, 6.45) is 6.58. The molecule has 0 radical (unpaired) electrons. The number of nitrogens with zero attached hydrogens (tertiary/aromatic N) is 1. The third kappa shape index (κ3) is 4.88. The van der Waals surface area contributed by atoms with Crippen molar-refractivity contribution in [2.75, 3.05) is 0 Å². The number of carbonyl (C=O) groups excluding carboxylic acids is 1. The van der Waals surface area contributed by atoms with Gasteiger partial charge in [0.15, 0.2) is 0 Å². The fourth-order valence-corrected chi connectivity index (χ4v) is 5.13. The average Bonchev–Trinajstić information content (AvgIpc) is 2.74. The van der Waals surface area contributed by atoms with E-state index in [1.54, 1.807) is 12.1 Å². The first kappa shape index (κ1) is 21.7. The highest BCUT2D eigenvalue weighted by molar-refractivity contribution is 6.31. The second kappa shape index (κ2) is 8.93. The van der Waals surface area contributed by atoms with Crippen LogP contribution in [-0.4, -0.2) is 18.1 Å². The monoisotopic (exact) mass is 436 g/mol. The van der Waals surface area contributed by atoms with Crippen molar-refractivity contribution in [1.82, 2.24) is 5.32 Å². The second-order valence-corrected chi connectivity index (χ2v) is 9.83. The third-order valence-corrected chi connectivity index (χ3v) is 7.22. The van der Waals surface area contributed by atoms with Crippen molar-refractivity contribution in [3.63, 3.8) is 0 Å². The van der Waals surface area contributed by atoms with Gasteiger partial charge in [-0.05, 0) is 79.7 Å². The number of nitrogens with one attached hydrogen (secondary N) is 1. The molecular formula is C26H29ClN2O2. The Morgan fingerprint density at radius 1 is 1.16 bits per heavy atom. The summed E-state index contributed by atoms with van der Waals surface area (Å²) >= 11 is 6.10. The van der Waals surface area contributed by atoms with E-state index < -0.39 is 0 Å². The van der Waals surface area contributed by atoms with Crippen LogP contribution in [0.25, 0.3) is 0 Å². The molecule has 5 heteroatoms. The Hall–Kier alpha value is -2.51. The lowest BCUT2D eigenvalue weighted by Crippen LogP contribution is -2.49. The van der Waals surface area contributed by atoms with Gasteiger partial charge in [-0.2, -0.15) is 5.26 Å². The molecule has 2 aliphatic rings. The van der Waals surface area contributed by atoms with Crippen LogP contribution in [0.5, 0.6) is 5.75 Å². The number of rotatable bonds is 5. The number of nitriles is 1. The normalized spacial score (nSPS) is 25.0. The lowest BCUT2D eigenvalue weighted by Gasteiger charge is -2.51. The zero-order valence-electron chi connectivity index (χ0n) is 18.2. The van der Waals surface area contributed by atoms with Crippen molar-refractivity contribution in [1.29, 1.82) is 5.26 Å². The molecule has 2 saturated carbocycles.